The topological polar surface area (TPSA) is 3.24 Å². The summed E-state index contributed by atoms with van der Waals surface area (Å²) in [7, 11) is 0. The van der Waals surface area contributed by atoms with Gasteiger partial charge in [-0.25, -0.2) is 0 Å². The molecule has 0 fully saturated rings. The quantitative estimate of drug-likeness (QED) is 0.167. The lowest BCUT2D eigenvalue weighted by Crippen LogP contribution is -2.26. The number of rotatable bonds is 5. The van der Waals surface area contributed by atoms with Crippen LogP contribution in [0.3, 0.4) is 0 Å². The van der Waals surface area contributed by atoms with E-state index in [0.29, 0.717) is 0 Å². The summed E-state index contributed by atoms with van der Waals surface area (Å²) in [5.74, 6) is 0. The molecule has 0 saturated heterocycles. The van der Waals surface area contributed by atoms with Crippen LogP contribution in [0.25, 0.3) is 75.8 Å². The Morgan fingerprint density at radius 2 is 0.848 bits per heavy atom. The van der Waals surface area contributed by atoms with Gasteiger partial charge in [-0.05, 0) is 120 Å². The van der Waals surface area contributed by atoms with Gasteiger partial charge in [-0.15, -0.1) is 11.3 Å². The average molecular weight is 858 g/mol. The van der Waals surface area contributed by atoms with Crippen molar-refractivity contribution in [3.63, 3.8) is 0 Å². The van der Waals surface area contributed by atoms with E-state index < -0.39 is 5.41 Å². The fourth-order valence-electron chi connectivity index (χ4n) is 12.2. The molecule has 3 aliphatic rings. The van der Waals surface area contributed by atoms with Gasteiger partial charge in [0.25, 0.3) is 0 Å². The summed E-state index contributed by atoms with van der Waals surface area (Å²) in [5, 5.41) is 2.59. The number of fused-ring (bicyclic) bond motifs is 16. The Hall–Kier alpha value is -7.78. The molecule has 1 aromatic heterocycles. The second kappa shape index (κ2) is 13.9. The van der Waals surface area contributed by atoms with E-state index >= 15 is 0 Å². The third-order valence-electron chi connectivity index (χ3n) is 15.1. The molecule has 0 saturated carbocycles. The van der Waals surface area contributed by atoms with Crippen molar-refractivity contribution >= 4 is 48.6 Å². The van der Waals surface area contributed by atoms with E-state index in [4.69, 9.17) is 0 Å². The summed E-state index contributed by atoms with van der Waals surface area (Å²) in [6, 6.07) is 84.5. The molecule has 1 spiro atoms. The van der Waals surface area contributed by atoms with Gasteiger partial charge >= 0.3 is 0 Å². The van der Waals surface area contributed by atoms with Gasteiger partial charge in [0, 0.05) is 42.5 Å². The predicted molar refractivity (Wildman–Crippen MR) is 279 cm³/mol. The monoisotopic (exact) mass is 857 g/mol. The first-order valence-corrected chi connectivity index (χ1v) is 23.9. The van der Waals surface area contributed by atoms with E-state index in [2.05, 4.69) is 243 Å². The highest BCUT2D eigenvalue weighted by Gasteiger charge is 2.53. The van der Waals surface area contributed by atoms with Crippen LogP contribution < -0.4 is 4.90 Å². The highest BCUT2D eigenvalue weighted by molar-refractivity contribution is 7.25. The molecule has 1 nitrogen and oxygen atoms in total. The van der Waals surface area contributed by atoms with Gasteiger partial charge in [-0.1, -0.05) is 202 Å². The number of thiophene rings is 1. The molecule has 14 rings (SSSR count). The van der Waals surface area contributed by atoms with E-state index in [1.54, 1.807) is 0 Å². The van der Waals surface area contributed by atoms with Gasteiger partial charge in [-0.2, -0.15) is 0 Å². The molecule has 10 aromatic carbocycles. The summed E-state index contributed by atoms with van der Waals surface area (Å²) in [6.45, 7) is 4.77. The fraction of sp³-hybridized carbons (Fsp3) is 0.0625. The molecule has 0 amide bonds. The van der Waals surface area contributed by atoms with Crippen molar-refractivity contribution in [1.82, 2.24) is 0 Å². The molecule has 0 N–H and O–H groups in total. The third-order valence-corrected chi connectivity index (χ3v) is 16.2. The van der Waals surface area contributed by atoms with Gasteiger partial charge in [0.15, 0.2) is 0 Å². The molecule has 0 aliphatic heterocycles. The summed E-state index contributed by atoms with van der Waals surface area (Å²) < 4.78 is 2.58. The van der Waals surface area contributed by atoms with Crippen LogP contribution >= 0.6 is 11.3 Å². The first kappa shape index (κ1) is 37.6. The van der Waals surface area contributed by atoms with Crippen molar-refractivity contribution < 1.29 is 0 Å². The van der Waals surface area contributed by atoms with Crippen LogP contribution in [0.5, 0.6) is 0 Å². The van der Waals surface area contributed by atoms with Crippen LogP contribution in [-0.2, 0) is 10.8 Å². The van der Waals surface area contributed by atoms with Crippen LogP contribution in [0, 0.1) is 0 Å². The van der Waals surface area contributed by atoms with E-state index in [1.165, 1.54) is 115 Å². The lowest BCUT2D eigenvalue weighted by Gasteiger charge is -2.32. The molecule has 1 heterocycles. The van der Waals surface area contributed by atoms with E-state index in [0.717, 1.165) is 11.4 Å². The minimum Gasteiger partial charge on any atom is -0.310 e. The Morgan fingerprint density at radius 3 is 1.59 bits per heavy atom. The van der Waals surface area contributed by atoms with Crippen LogP contribution in [-0.4, -0.2) is 0 Å². The molecule has 3 aliphatic carbocycles. The standard InChI is InChI=1S/C64H43NS/c1-63(2)52-25-12-9-21-46(52)47-35-32-43(38-57(47)63)65(44-33-36-49-48-34-31-42(40-17-5-3-6-18-40)37-59(48)66-60(49)39-44)58-30-16-29-56-62(58)51-23-11-14-27-54(51)64(56)53-26-13-10-22-50(53)61-45(24-15-28-55(61)64)41-19-7-4-8-20-41/h3-39H,1-2H3. The number of hydrogen-bond acceptors (Lipinski definition) is 2. The zero-order chi connectivity index (χ0) is 43.7. The number of nitrogens with zero attached hydrogens (tertiary/aromatic N) is 1. The minimum absolute atomic E-state index is 0.150. The smallest absolute Gasteiger partial charge is 0.0726 e. The highest BCUT2D eigenvalue weighted by Crippen LogP contribution is 2.66. The zero-order valence-corrected chi connectivity index (χ0v) is 37.5. The van der Waals surface area contributed by atoms with Crippen molar-refractivity contribution in [2.24, 2.45) is 0 Å². The Labute approximate surface area is 389 Å². The minimum atomic E-state index is -0.502. The lowest BCUT2D eigenvalue weighted by atomic mass is 9.70. The fourth-order valence-corrected chi connectivity index (χ4v) is 13.4. The van der Waals surface area contributed by atoms with Gasteiger partial charge in [0.05, 0.1) is 11.1 Å². The Balaban J connectivity index is 1.03. The lowest BCUT2D eigenvalue weighted by molar-refractivity contribution is 0.660. The Bertz CT molecular complexity index is 3800. The number of anilines is 3. The molecule has 0 bridgehead atoms. The molecule has 66 heavy (non-hydrogen) atoms. The molecule has 0 radical (unpaired) electrons. The second-order valence-electron chi connectivity index (χ2n) is 18.7. The largest absolute Gasteiger partial charge is 0.310 e. The molecule has 310 valence electrons. The summed E-state index contributed by atoms with van der Waals surface area (Å²) in [5.41, 5.74) is 23.8. The highest BCUT2D eigenvalue weighted by atomic mass is 32.1. The van der Waals surface area contributed by atoms with Gasteiger partial charge in [0.2, 0.25) is 0 Å². The van der Waals surface area contributed by atoms with Crippen LogP contribution in [0.2, 0.25) is 0 Å². The van der Waals surface area contributed by atoms with Crippen molar-refractivity contribution in [1.29, 1.82) is 0 Å². The van der Waals surface area contributed by atoms with Crippen LogP contribution in [0.1, 0.15) is 47.2 Å². The average Bonchev–Trinajstić information content (AvgIpc) is 4.06. The SMILES string of the molecule is CC1(C)c2ccccc2-c2ccc(N(c3ccc4c(c3)sc3cc(-c5ccccc5)ccc34)c3cccc4c3-c3ccccc3C43c4ccccc4-c4c(-c5ccccc5)cccc43)cc21. The summed E-state index contributed by atoms with van der Waals surface area (Å²) >= 11 is 1.89. The van der Waals surface area contributed by atoms with Gasteiger partial charge < -0.3 is 4.90 Å². The maximum atomic E-state index is 2.56. The first-order chi connectivity index (χ1) is 32.5. The predicted octanol–water partition coefficient (Wildman–Crippen LogP) is 17.5. The van der Waals surface area contributed by atoms with Crippen molar-refractivity contribution in [3.05, 3.63) is 258 Å². The number of hydrogen-bond donors (Lipinski definition) is 0. The molecule has 1 atom stereocenters. The summed E-state index contributed by atoms with van der Waals surface area (Å²) in [4.78, 5) is 2.56. The van der Waals surface area contributed by atoms with Gasteiger partial charge in [0.1, 0.15) is 0 Å². The maximum absolute atomic E-state index is 2.56. The van der Waals surface area contributed by atoms with Crippen LogP contribution in [0.15, 0.2) is 224 Å². The van der Waals surface area contributed by atoms with E-state index in [1.807, 2.05) is 11.3 Å². The second-order valence-corrected chi connectivity index (χ2v) is 19.8. The molecular formula is C64H43NS. The third kappa shape index (κ3) is 5.05. The molecule has 11 aromatic rings. The van der Waals surface area contributed by atoms with E-state index in [9.17, 15) is 0 Å². The first-order valence-electron chi connectivity index (χ1n) is 23.1. The van der Waals surface area contributed by atoms with Gasteiger partial charge in [-0.3, -0.25) is 0 Å². The molecule has 2 heteroatoms. The molecule has 1 unspecified atom stereocenters. The zero-order valence-electron chi connectivity index (χ0n) is 36.7. The Morgan fingerprint density at radius 1 is 0.333 bits per heavy atom. The maximum Gasteiger partial charge on any atom is 0.0726 e. The number of benzene rings is 10. The van der Waals surface area contributed by atoms with E-state index in [-0.39, 0.29) is 5.41 Å². The molecular weight excluding hydrogens is 815 g/mol. The van der Waals surface area contributed by atoms with Crippen molar-refractivity contribution in [2.45, 2.75) is 24.7 Å². The van der Waals surface area contributed by atoms with Crippen molar-refractivity contribution in [2.75, 3.05) is 4.90 Å². The Kier molecular flexibility index (Phi) is 7.89. The van der Waals surface area contributed by atoms with Crippen molar-refractivity contribution in [3.8, 4) is 55.6 Å². The normalized spacial score (nSPS) is 15.6. The summed E-state index contributed by atoms with van der Waals surface area (Å²) in [6.07, 6.45) is 0. The van der Waals surface area contributed by atoms with Crippen LogP contribution in [0.4, 0.5) is 17.1 Å².